The first kappa shape index (κ1) is 25.0. The molecule has 3 aromatic rings. The van der Waals surface area contributed by atoms with Crippen molar-refractivity contribution in [3.63, 3.8) is 0 Å². The fourth-order valence-electron chi connectivity index (χ4n) is 3.28. The van der Waals surface area contributed by atoms with Gasteiger partial charge in [-0.15, -0.1) is 0 Å². The van der Waals surface area contributed by atoms with Gasteiger partial charge in [0, 0.05) is 28.2 Å². The topological polar surface area (TPSA) is 77.8 Å². The van der Waals surface area contributed by atoms with E-state index in [2.05, 4.69) is 11.1 Å². The van der Waals surface area contributed by atoms with Crippen molar-refractivity contribution in [1.82, 2.24) is 4.57 Å². The first-order valence-corrected chi connectivity index (χ1v) is 10.7. The molecule has 1 N–H and O–H groups in total. The van der Waals surface area contributed by atoms with E-state index in [9.17, 15) is 9.59 Å². The fourth-order valence-corrected chi connectivity index (χ4v) is 3.45. The molecule has 32 heavy (non-hydrogen) atoms. The number of hydrogen-bond acceptors (Lipinski definition) is 4. The molecule has 1 heterocycles. The number of carboxylic acid groups (broad SMARTS) is 1. The summed E-state index contributed by atoms with van der Waals surface area (Å²) >= 11 is 6.38. The van der Waals surface area contributed by atoms with Crippen LogP contribution >= 0.6 is 11.6 Å². The van der Waals surface area contributed by atoms with Crippen LogP contribution < -0.4 is 4.74 Å². The first-order chi connectivity index (χ1) is 15.3. The highest BCUT2D eigenvalue weighted by Gasteiger charge is 2.16. The van der Waals surface area contributed by atoms with Gasteiger partial charge in [0.1, 0.15) is 12.4 Å². The molecule has 0 aliphatic heterocycles. The molecule has 0 atom stereocenters. The number of aromatic nitrogens is 1. The van der Waals surface area contributed by atoms with Crippen LogP contribution in [0.1, 0.15) is 41.0 Å². The van der Waals surface area contributed by atoms with Crippen molar-refractivity contribution in [2.75, 3.05) is 13.2 Å². The number of aliphatic carboxylic acids is 1. The predicted molar refractivity (Wildman–Crippen MR) is 127 cm³/mol. The van der Waals surface area contributed by atoms with Crippen molar-refractivity contribution in [2.45, 2.75) is 34.2 Å². The lowest BCUT2D eigenvalue weighted by molar-refractivity contribution is -0.139. The molecule has 7 heteroatoms. The van der Waals surface area contributed by atoms with E-state index in [-0.39, 0.29) is 6.61 Å². The van der Waals surface area contributed by atoms with Crippen LogP contribution in [0.5, 0.6) is 5.75 Å². The van der Waals surface area contributed by atoms with Crippen molar-refractivity contribution < 1.29 is 24.2 Å². The second-order valence-electron chi connectivity index (χ2n) is 6.85. The highest BCUT2D eigenvalue weighted by atomic mass is 35.5. The predicted octanol–water partition coefficient (Wildman–Crippen LogP) is 5.79. The number of ether oxygens (including phenoxy) is 2. The van der Waals surface area contributed by atoms with Crippen LogP contribution in [0.4, 0.5) is 0 Å². The molecule has 0 aliphatic rings. The Morgan fingerprint density at radius 2 is 1.88 bits per heavy atom. The maximum absolute atomic E-state index is 12.2. The molecular formula is C25H28ClNO5. The third-order valence-corrected chi connectivity index (χ3v) is 5.28. The Hall–Kier alpha value is -3.25. The number of halogens is 1. The van der Waals surface area contributed by atoms with Gasteiger partial charge in [0.2, 0.25) is 0 Å². The normalized spacial score (nSPS) is 10.3. The number of fused-ring (bicyclic) bond motifs is 1. The minimum atomic E-state index is -1.04. The lowest BCUT2D eigenvalue weighted by atomic mass is 10.1. The van der Waals surface area contributed by atoms with Gasteiger partial charge in [0.05, 0.1) is 5.56 Å². The monoisotopic (exact) mass is 457 g/mol. The molecule has 0 saturated carbocycles. The Balaban J connectivity index is 0.00000176. The van der Waals surface area contributed by atoms with E-state index in [1.54, 1.807) is 24.3 Å². The van der Waals surface area contributed by atoms with E-state index in [0.29, 0.717) is 22.9 Å². The Morgan fingerprint density at radius 1 is 1.16 bits per heavy atom. The largest absolute Gasteiger partial charge is 0.482 e. The smallest absolute Gasteiger partial charge is 0.341 e. The zero-order valence-corrected chi connectivity index (χ0v) is 19.5. The number of esters is 1. The zero-order valence-electron chi connectivity index (χ0n) is 18.8. The van der Waals surface area contributed by atoms with Crippen LogP contribution in [0.2, 0.25) is 5.02 Å². The summed E-state index contributed by atoms with van der Waals surface area (Å²) in [6.45, 7) is 11.8. The molecule has 0 amide bonds. The fraction of sp³-hybridized carbons (Fsp3) is 0.280. The summed E-state index contributed by atoms with van der Waals surface area (Å²) in [5.41, 5.74) is 4.33. The number of benzene rings is 2. The lowest BCUT2D eigenvalue weighted by Crippen LogP contribution is -2.10. The average Bonchev–Trinajstić information content (AvgIpc) is 3.03. The third kappa shape index (κ3) is 5.71. The number of hydrogen-bond donors (Lipinski definition) is 1. The van der Waals surface area contributed by atoms with Crippen molar-refractivity contribution in [3.05, 3.63) is 76.5 Å². The molecular weight excluding hydrogens is 430 g/mol. The molecule has 170 valence electrons. The van der Waals surface area contributed by atoms with Gasteiger partial charge in [0.15, 0.2) is 6.61 Å². The summed E-state index contributed by atoms with van der Waals surface area (Å²) < 4.78 is 12.5. The molecule has 0 bridgehead atoms. The van der Waals surface area contributed by atoms with Gasteiger partial charge >= 0.3 is 11.9 Å². The van der Waals surface area contributed by atoms with E-state index < -0.39 is 18.5 Å². The van der Waals surface area contributed by atoms with Gasteiger partial charge in [0.25, 0.3) is 0 Å². The third-order valence-electron chi connectivity index (χ3n) is 4.91. The van der Waals surface area contributed by atoms with Gasteiger partial charge < -0.3 is 19.1 Å². The summed E-state index contributed by atoms with van der Waals surface area (Å²) in [6.07, 6.45) is 1.53. The molecule has 0 fully saturated rings. The standard InChI is InChI=1S/C23H22ClNO5.C2H6/c1-4-9-29-23(28)16-5-8-21-19(11-16)14(2)15(3)25(21)12-17-10-18(6-7-20(17)24)30-13-22(26)27;1-2/h4-8,10-11H,1,9,12-13H2,2-3H3,(H,26,27);1-2H3. The van der Waals surface area contributed by atoms with Crippen molar-refractivity contribution in [3.8, 4) is 5.75 Å². The maximum Gasteiger partial charge on any atom is 0.341 e. The summed E-state index contributed by atoms with van der Waals surface area (Å²) in [5, 5.41) is 10.3. The molecule has 2 aromatic carbocycles. The van der Waals surface area contributed by atoms with Crippen molar-refractivity contribution in [1.29, 1.82) is 0 Å². The Morgan fingerprint density at radius 3 is 2.53 bits per heavy atom. The van der Waals surface area contributed by atoms with Crippen LogP contribution in [-0.4, -0.2) is 34.8 Å². The number of carbonyl (C=O) groups is 2. The van der Waals surface area contributed by atoms with E-state index in [0.717, 1.165) is 27.7 Å². The van der Waals surface area contributed by atoms with Crippen LogP contribution in [0.25, 0.3) is 10.9 Å². The Labute approximate surface area is 193 Å². The highest BCUT2D eigenvalue weighted by Crippen LogP contribution is 2.30. The summed E-state index contributed by atoms with van der Waals surface area (Å²) in [5.74, 6) is -1.00. The number of nitrogens with zero attached hydrogens (tertiary/aromatic N) is 1. The van der Waals surface area contributed by atoms with Gasteiger partial charge in [-0.1, -0.05) is 38.1 Å². The zero-order chi connectivity index (χ0) is 23.8. The van der Waals surface area contributed by atoms with Gasteiger partial charge in [-0.25, -0.2) is 9.59 Å². The minimum absolute atomic E-state index is 0.161. The molecule has 0 spiro atoms. The molecule has 3 rings (SSSR count). The van der Waals surface area contributed by atoms with E-state index >= 15 is 0 Å². The quantitative estimate of drug-likeness (QED) is 0.342. The average molecular weight is 458 g/mol. The molecule has 0 unspecified atom stereocenters. The Bertz CT molecular complexity index is 1130. The SMILES string of the molecule is C=CCOC(=O)c1ccc2c(c1)c(C)c(C)n2Cc1cc(OCC(=O)O)ccc1Cl.CC. The van der Waals surface area contributed by atoms with E-state index in [1.165, 1.54) is 6.08 Å². The van der Waals surface area contributed by atoms with E-state index in [1.807, 2.05) is 39.8 Å². The second-order valence-corrected chi connectivity index (χ2v) is 7.26. The first-order valence-electron chi connectivity index (χ1n) is 10.3. The molecule has 1 aromatic heterocycles. The summed E-state index contributed by atoms with van der Waals surface area (Å²) in [7, 11) is 0. The lowest BCUT2D eigenvalue weighted by Gasteiger charge is -2.12. The van der Waals surface area contributed by atoms with E-state index in [4.69, 9.17) is 26.2 Å². The van der Waals surface area contributed by atoms with Crippen LogP contribution in [0, 0.1) is 13.8 Å². The van der Waals surface area contributed by atoms with Crippen LogP contribution in [-0.2, 0) is 16.1 Å². The number of aryl methyl sites for hydroxylation is 1. The van der Waals surface area contributed by atoms with Crippen molar-refractivity contribution >= 4 is 34.4 Å². The van der Waals surface area contributed by atoms with Gasteiger partial charge in [-0.3, -0.25) is 0 Å². The molecule has 0 radical (unpaired) electrons. The number of rotatable bonds is 8. The van der Waals surface area contributed by atoms with Gasteiger partial charge in [-0.2, -0.15) is 0 Å². The van der Waals surface area contributed by atoms with Crippen molar-refractivity contribution in [2.24, 2.45) is 0 Å². The number of carboxylic acids is 1. The highest BCUT2D eigenvalue weighted by molar-refractivity contribution is 6.31. The summed E-state index contributed by atoms with van der Waals surface area (Å²) in [4.78, 5) is 22.9. The second kappa shape index (κ2) is 11.4. The molecule has 6 nitrogen and oxygen atoms in total. The molecule has 0 saturated heterocycles. The molecule has 0 aliphatic carbocycles. The van der Waals surface area contributed by atoms with Crippen LogP contribution in [0.15, 0.2) is 49.1 Å². The summed E-state index contributed by atoms with van der Waals surface area (Å²) in [6, 6.07) is 10.5. The Kier molecular flexibility index (Phi) is 8.91. The number of carbonyl (C=O) groups excluding carboxylic acids is 1. The van der Waals surface area contributed by atoms with Gasteiger partial charge in [-0.05, 0) is 61.4 Å². The van der Waals surface area contributed by atoms with Crippen LogP contribution in [0.3, 0.4) is 0 Å². The maximum atomic E-state index is 12.2. The minimum Gasteiger partial charge on any atom is -0.482 e.